The van der Waals surface area contributed by atoms with Crippen molar-refractivity contribution in [3.8, 4) is 0 Å². The maximum absolute atomic E-state index is 12.5. The first-order valence-electron chi connectivity index (χ1n) is 9.55. The van der Waals surface area contributed by atoms with Gasteiger partial charge >= 0.3 is 5.97 Å². The molecule has 14 heteroatoms. The smallest absolute Gasteiger partial charge is 0.366 e. The van der Waals surface area contributed by atoms with Crippen LogP contribution < -0.4 is 5.73 Å². The molecule has 1 fully saturated rings. The van der Waals surface area contributed by atoms with Gasteiger partial charge in [-0.05, 0) is 6.92 Å². The number of ether oxygens (including phenoxy) is 4. The van der Waals surface area contributed by atoms with Crippen molar-refractivity contribution < 1.29 is 64.6 Å². The van der Waals surface area contributed by atoms with Crippen LogP contribution in [0.1, 0.15) is 13.3 Å². The van der Waals surface area contributed by atoms with Gasteiger partial charge in [0.05, 0.1) is 45.2 Å². The van der Waals surface area contributed by atoms with E-state index in [1.807, 2.05) is 0 Å². The molecule has 1 rings (SSSR count). The summed E-state index contributed by atoms with van der Waals surface area (Å²) in [7, 11) is 0.996. The number of aliphatic hydroxyl groups excluding tert-OH is 8. The summed E-state index contributed by atoms with van der Waals surface area (Å²) in [6.45, 7) is -1.08. The SMILES string of the molecule is COC(=O)[C@@]1(OCC(O[C@H](O)[C@@H](O)CO)[C@H](C)O)C[C@@H](O)[C@@H](N)C([C@H](O)[C@H](O)CO)O1. The molecule has 0 aromatic heterocycles. The summed E-state index contributed by atoms with van der Waals surface area (Å²) in [6.07, 6.45) is -13.4. The second kappa shape index (κ2) is 12.3. The van der Waals surface area contributed by atoms with E-state index in [0.717, 1.165) is 7.11 Å². The van der Waals surface area contributed by atoms with Gasteiger partial charge in [-0.2, -0.15) is 0 Å². The summed E-state index contributed by atoms with van der Waals surface area (Å²) in [5, 5.41) is 77.2. The average molecular weight is 459 g/mol. The highest BCUT2D eigenvalue weighted by Gasteiger charge is 2.55. The van der Waals surface area contributed by atoms with Crippen molar-refractivity contribution in [2.24, 2.45) is 5.73 Å². The van der Waals surface area contributed by atoms with Crippen LogP contribution in [-0.4, -0.2) is 135 Å². The zero-order valence-corrected chi connectivity index (χ0v) is 17.2. The van der Waals surface area contributed by atoms with Crippen molar-refractivity contribution in [1.29, 1.82) is 0 Å². The second-order valence-corrected chi connectivity index (χ2v) is 7.28. The highest BCUT2D eigenvalue weighted by atomic mass is 16.7. The number of aliphatic hydroxyl groups is 8. The fraction of sp³-hybridized carbons (Fsp3) is 0.941. The van der Waals surface area contributed by atoms with E-state index in [2.05, 4.69) is 4.74 Å². The number of methoxy groups -OCH3 is 1. The minimum Gasteiger partial charge on any atom is -0.465 e. The third-order valence-corrected chi connectivity index (χ3v) is 4.89. The highest BCUT2D eigenvalue weighted by molar-refractivity contribution is 5.78. The van der Waals surface area contributed by atoms with Crippen LogP contribution in [0.4, 0.5) is 0 Å². The third-order valence-electron chi connectivity index (χ3n) is 4.89. The Morgan fingerprint density at radius 1 is 1.16 bits per heavy atom. The van der Waals surface area contributed by atoms with E-state index in [9.17, 15) is 35.4 Å². The topological polar surface area (TPSA) is 242 Å². The molecule has 2 unspecified atom stereocenters. The molecule has 14 nitrogen and oxygen atoms in total. The van der Waals surface area contributed by atoms with Crippen LogP contribution in [0.25, 0.3) is 0 Å². The predicted molar refractivity (Wildman–Crippen MR) is 98.9 cm³/mol. The average Bonchev–Trinajstić information content (AvgIpc) is 2.75. The molecule has 0 saturated carbocycles. The molecular weight excluding hydrogens is 426 g/mol. The van der Waals surface area contributed by atoms with Crippen molar-refractivity contribution in [2.75, 3.05) is 26.9 Å². The molecule has 0 aromatic rings. The third kappa shape index (κ3) is 6.98. The number of rotatable bonds is 12. The minimum absolute atomic E-state index is 0.562. The van der Waals surface area contributed by atoms with E-state index < -0.39 is 93.1 Å². The van der Waals surface area contributed by atoms with E-state index in [1.54, 1.807) is 0 Å². The quantitative estimate of drug-likeness (QED) is 0.0976. The van der Waals surface area contributed by atoms with E-state index >= 15 is 0 Å². The summed E-state index contributed by atoms with van der Waals surface area (Å²) in [5.41, 5.74) is 5.81. The maximum atomic E-state index is 12.5. The van der Waals surface area contributed by atoms with Crippen molar-refractivity contribution >= 4 is 5.97 Å². The van der Waals surface area contributed by atoms with Crippen molar-refractivity contribution in [3.63, 3.8) is 0 Å². The van der Waals surface area contributed by atoms with Crippen molar-refractivity contribution in [2.45, 2.75) is 74.2 Å². The first kappa shape index (κ1) is 28.0. The number of esters is 1. The van der Waals surface area contributed by atoms with Gasteiger partial charge in [0.2, 0.25) is 0 Å². The van der Waals surface area contributed by atoms with E-state index in [1.165, 1.54) is 6.92 Å². The van der Waals surface area contributed by atoms with Crippen LogP contribution in [0, 0.1) is 0 Å². The van der Waals surface area contributed by atoms with Crippen LogP contribution in [-0.2, 0) is 23.7 Å². The number of hydrogen-bond donors (Lipinski definition) is 9. The second-order valence-electron chi connectivity index (χ2n) is 7.28. The number of hydrogen-bond acceptors (Lipinski definition) is 14. The van der Waals surface area contributed by atoms with E-state index in [4.69, 9.17) is 30.2 Å². The van der Waals surface area contributed by atoms with Crippen LogP contribution in [0.3, 0.4) is 0 Å². The lowest BCUT2D eigenvalue weighted by Crippen LogP contribution is -2.67. The molecule has 0 spiro atoms. The Bertz CT molecular complexity index is 552. The molecule has 10 N–H and O–H groups in total. The first-order chi connectivity index (χ1) is 14.4. The van der Waals surface area contributed by atoms with Crippen molar-refractivity contribution in [3.05, 3.63) is 0 Å². The Labute approximate surface area is 178 Å². The Morgan fingerprint density at radius 3 is 2.23 bits per heavy atom. The molecule has 10 atom stereocenters. The fourth-order valence-electron chi connectivity index (χ4n) is 2.91. The van der Waals surface area contributed by atoms with Gasteiger partial charge in [0.25, 0.3) is 5.79 Å². The van der Waals surface area contributed by atoms with E-state index in [-0.39, 0.29) is 0 Å². The van der Waals surface area contributed by atoms with Gasteiger partial charge in [-0.15, -0.1) is 0 Å². The monoisotopic (exact) mass is 459 g/mol. The molecule has 1 aliphatic rings. The van der Waals surface area contributed by atoms with Crippen LogP contribution in [0.5, 0.6) is 0 Å². The van der Waals surface area contributed by atoms with Crippen LogP contribution in [0.2, 0.25) is 0 Å². The Hall–Kier alpha value is -1.01. The minimum atomic E-state index is -2.36. The van der Waals surface area contributed by atoms with E-state index in [0.29, 0.717) is 0 Å². The molecule has 0 bridgehead atoms. The Balaban J connectivity index is 3.10. The molecule has 1 aliphatic heterocycles. The lowest BCUT2D eigenvalue weighted by molar-refractivity contribution is -0.321. The number of carbonyl (C=O) groups is 1. The molecule has 1 heterocycles. The molecule has 184 valence electrons. The van der Waals surface area contributed by atoms with Gasteiger partial charge in [-0.1, -0.05) is 0 Å². The van der Waals surface area contributed by atoms with Crippen molar-refractivity contribution in [1.82, 2.24) is 0 Å². The Morgan fingerprint density at radius 2 is 1.74 bits per heavy atom. The standard InChI is InChI=1S/C17H33NO13/c1-7(21)11(30-15(26)10(24)5-20)6-29-17(16(27)28-2)3-8(22)12(18)14(31-17)13(25)9(23)4-19/h7-15,19-26H,3-6,18H2,1-2H3/t7-,8+,9+,10-,11?,12+,13+,14?,15-,17+/m0/s1. The van der Waals surface area contributed by atoms with Crippen LogP contribution >= 0.6 is 0 Å². The number of carbonyl (C=O) groups excluding carboxylic acids is 1. The molecule has 1 saturated heterocycles. The molecule has 0 aliphatic carbocycles. The molecule has 0 radical (unpaired) electrons. The molecule has 0 amide bonds. The number of nitrogens with two attached hydrogens (primary N) is 1. The van der Waals surface area contributed by atoms with Gasteiger partial charge in [0, 0.05) is 6.42 Å². The summed E-state index contributed by atoms with van der Waals surface area (Å²) in [5.74, 6) is -3.50. The van der Waals surface area contributed by atoms with Crippen LogP contribution in [0.15, 0.2) is 0 Å². The maximum Gasteiger partial charge on any atom is 0.366 e. The zero-order chi connectivity index (χ0) is 23.9. The normalized spacial score (nSPS) is 32.5. The summed E-state index contributed by atoms with van der Waals surface area (Å²) in [4.78, 5) is 12.5. The van der Waals surface area contributed by atoms with Gasteiger partial charge in [0.15, 0.2) is 6.29 Å². The summed E-state index contributed by atoms with van der Waals surface area (Å²) >= 11 is 0. The fourth-order valence-corrected chi connectivity index (χ4v) is 2.91. The molecule has 31 heavy (non-hydrogen) atoms. The van der Waals surface area contributed by atoms with Gasteiger partial charge in [-0.3, -0.25) is 0 Å². The Kier molecular flexibility index (Phi) is 11.1. The summed E-state index contributed by atoms with van der Waals surface area (Å²) in [6, 6.07) is -1.28. The first-order valence-corrected chi connectivity index (χ1v) is 9.55. The summed E-state index contributed by atoms with van der Waals surface area (Å²) < 4.78 is 20.7. The van der Waals surface area contributed by atoms with Gasteiger partial charge in [0.1, 0.15) is 30.5 Å². The molecular formula is C17H33NO13. The highest BCUT2D eigenvalue weighted by Crippen LogP contribution is 2.33. The lowest BCUT2D eigenvalue weighted by atomic mass is 9.89. The van der Waals surface area contributed by atoms with Gasteiger partial charge < -0.3 is 65.5 Å². The molecule has 0 aromatic carbocycles. The largest absolute Gasteiger partial charge is 0.465 e. The predicted octanol–water partition coefficient (Wildman–Crippen LogP) is -5.50. The van der Waals surface area contributed by atoms with Gasteiger partial charge in [-0.25, -0.2) is 4.79 Å². The zero-order valence-electron chi connectivity index (χ0n) is 17.2. The lowest BCUT2D eigenvalue weighted by Gasteiger charge is -2.46.